The summed E-state index contributed by atoms with van der Waals surface area (Å²) < 4.78 is 1.03. The lowest BCUT2D eigenvalue weighted by molar-refractivity contribution is 0.100. The molecule has 0 bridgehead atoms. The van der Waals surface area contributed by atoms with E-state index in [0.717, 1.165) is 34.6 Å². The molecule has 1 amide bonds. The van der Waals surface area contributed by atoms with Crippen LogP contribution in [0.3, 0.4) is 0 Å². The van der Waals surface area contributed by atoms with Crippen molar-refractivity contribution < 1.29 is 9.90 Å². The Morgan fingerprint density at radius 2 is 2.40 bits per heavy atom. The maximum Gasteiger partial charge on any atom is 0.259 e. The first-order valence-corrected chi connectivity index (χ1v) is 6.86. The van der Waals surface area contributed by atoms with E-state index < -0.39 is 6.10 Å². The smallest absolute Gasteiger partial charge is 0.259 e. The van der Waals surface area contributed by atoms with Crippen LogP contribution >= 0.6 is 23.1 Å². The standard InChI is InChI=1S/C10H13NO2S2/c1-14-10-7-5(3-2-4-6(7)12)8(15-10)9(11)13/h6,12H,2-4H2,1H3,(H2,11,13). The van der Waals surface area contributed by atoms with Crippen molar-refractivity contribution in [2.24, 2.45) is 5.73 Å². The number of rotatable bonds is 2. The van der Waals surface area contributed by atoms with Crippen LogP contribution in [0.15, 0.2) is 4.21 Å². The van der Waals surface area contributed by atoms with Crippen molar-refractivity contribution in [2.75, 3.05) is 6.26 Å². The third-order valence-corrected chi connectivity index (χ3v) is 5.06. The van der Waals surface area contributed by atoms with Gasteiger partial charge in [-0.15, -0.1) is 23.1 Å². The molecule has 0 aliphatic heterocycles. The number of amides is 1. The van der Waals surface area contributed by atoms with Gasteiger partial charge < -0.3 is 10.8 Å². The van der Waals surface area contributed by atoms with Gasteiger partial charge in [-0.2, -0.15) is 0 Å². The van der Waals surface area contributed by atoms with Crippen LogP contribution in [0.25, 0.3) is 0 Å². The Hall–Kier alpha value is -0.520. The average molecular weight is 243 g/mol. The van der Waals surface area contributed by atoms with Crippen LogP contribution in [0, 0.1) is 0 Å². The molecule has 0 radical (unpaired) electrons. The molecule has 82 valence electrons. The first-order valence-electron chi connectivity index (χ1n) is 4.82. The zero-order valence-corrected chi connectivity index (χ0v) is 10.1. The molecule has 1 aromatic rings. The summed E-state index contributed by atoms with van der Waals surface area (Å²) in [6, 6.07) is 0. The SMILES string of the molecule is CSc1sc(C(N)=O)c2c1C(O)CCC2. The minimum absolute atomic E-state index is 0.370. The Balaban J connectivity index is 2.57. The molecular formula is C10H13NO2S2. The van der Waals surface area contributed by atoms with Crippen molar-refractivity contribution >= 4 is 29.0 Å². The first kappa shape index (κ1) is 11.0. The van der Waals surface area contributed by atoms with E-state index in [2.05, 4.69) is 0 Å². The van der Waals surface area contributed by atoms with Gasteiger partial charge in [0.05, 0.1) is 15.2 Å². The predicted molar refractivity (Wildman–Crippen MR) is 62.5 cm³/mol. The number of aliphatic hydroxyl groups is 1. The molecule has 3 N–H and O–H groups in total. The lowest BCUT2D eigenvalue weighted by atomic mass is 9.91. The maximum absolute atomic E-state index is 11.3. The van der Waals surface area contributed by atoms with Crippen LogP contribution in [0.5, 0.6) is 0 Å². The van der Waals surface area contributed by atoms with Gasteiger partial charge in [-0.3, -0.25) is 4.79 Å². The van der Waals surface area contributed by atoms with E-state index in [9.17, 15) is 9.90 Å². The van der Waals surface area contributed by atoms with Crippen molar-refractivity contribution in [3.8, 4) is 0 Å². The fraction of sp³-hybridized carbons (Fsp3) is 0.500. The van der Waals surface area contributed by atoms with Crippen molar-refractivity contribution in [2.45, 2.75) is 29.6 Å². The van der Waals surface area contributed by atoms with Gasteiger partial charge in [0.2, 0.25) is 0 Å². The molecular weight excluding hydrogens is 230 g/mol. The maximum atomic E-state index is 11.3. The van der Waals surface area contributed by atoms with Gasteiger partial charge in [-0.1, -0.05) is 0 Å². The molecule has 0 saturated heterocycles. The summed E-state index contributed by atoms with van der Waals surface area (Å²) in [6.45, 7) is 0. The minimum atomic E-state index is -0.416. The molecule has 1 aliphatic carbocycles. The van der Waals surface area contributed by atoms with Crippen LogP contribution in [0.4, 0.5) is 0 Å². The first-order chi connectivity index (χ1) is 7.15. The predicted octanol–water partition coefficient (Wildman–Crippen LogP) is 1.94. The highest BCUT2D eigenvalue weighted by atomic mass is 32.2. The number of thiophene rings is 1. The lowest BCUT2D eigenvalue weighted by Crippen LogP contribution is -2.15. The van der Waals surface area contributed by atoms with Gasteiger partial charge in [-0.05, 0) is 31.1 Å². The zero-order valence-electron chi connectivity index (χ0n) is 8.45. The van der Waals surface area contributed by atoms with E-state index in [1.54, 1.807) is 11.8 Å². The highest BCUT2D eigenvalue weighted by molar-refractivity contribution is 8.00. The molecule has 1 unspecified atom stereocenters. The van der Waals surface area contributed by atoms with E-state index in [1.165, 1.54) is 11.3 Å². The molecule has 0 spiro atoms. The summed E-state index contributed by atoms with van der Waals surface area (Å²) in [7, 11) is 0. The largest absolute Gasteiger partial charge is 0.388 e. The van der Waals surface area contributed by atoms with E-state index in [1.807, 2.05) is 6.26 Å². The topological polar surface area (TPSA) is 63.3 Å². The summed E-state index contributed by atoms with van der Waals surface area (Å²) in [4.78, 5) is 11.9. The Morgan fingerprint density at radius 3 is 3.00 bits per heavy atom. The van der Waals surface area contributed by atoms with Gasteiger partial charge in [0.25, 0.3) is 5.91 Å². The van der Waals surface area contributed by atoms with Crippen LogP contribution in [0.1, 0.15) is 39.7 Å². The highest BCUT2D eigenvalue weighted by Gasteiger charge is 2.28. The third kappa shape index (κ3) is 1.79. The number of thioether (sulfide) groups is 1. The van der Waals surface area contributed by atoms with E-state index in [-0.39, 0.29) is 5.91 Å². The third-order valence-electron chi connectivity index (χ3n) is 2.66. The molecule has 1 aromatic heterocycles. The van der Waals surface area contributed by atoms with Gasteiger partial charge >= 0.3 is 0 Å². The Morgan fingerprint density at radius 1 is 1.67 bits per heavy atom. The number of carbonyl (C=O) groups excluding carboxylic acids is 1. The van der Waals surface area contributed by atoms with Crippen molar-refractivity contribution in [1.82, 2.24) is 0 Å². The molecule has 1 aliphatic rings. The van der Waals surface area contributed by atoms with Crippen LogP contribution in [-0.4, -0.2) is 17.3 Å². The number of nitrogens with two attached hydrogens (primary N) is 1. The normalized spacial score (nSPS) is 20.0. The second-order valence-electron chi connectivity index (χ2n) is 3.59. The summed E-state index contributed by atoms with van der Waals surface area (Å²) in [6.07, 6.45) is 4.12. The monoisotopic (exact) mass is 243 g/mol. The summed E-state index contributed by atoms with van der Waals surface area (Å²) in [5.74, 6) is -0.370. The molecule has 0 aromatic carbocycles. The Labute approximate surface area is 96.7 Å². The fourth-order valence-electron chi connectivity index (χ4n) is 2.01. The highest BCUT2D eigenvalue weighted by Crippen LogP contribution is 2.43. The molecule has 3 nitrogen and oxygen atoms in total. The second kappa shape index (κ2) is 4.15. The summed E-state index contributed by atoms with van der Waals surface area (Å²) in [5, 5.41) is 9.91. The number of primary amides is 1. The lowest BCUT2D eigenvalue weighted by Gasteiger charge is -2.19. The number of hydrogen-bond donors (Lipinski definition) is 2. The van der Waals surface area contributed by atoms with Crippen LogP contribution < -0.4 is 5.73 Å². The van der Waals surface area contributed by atoms with Crippen molar-refractivity contribution in [3.05, 3.63) is 16.0 Å². The number of aliphatic hydroxyl groups excluding tert-OH is 1. The number of hydrogen-bond acceptors (Lipinski definition) is 4. The van der Waals surface area contributed by atoms with E-state index in [4.69, 9.17) is 5.73 Å². The van der Waals surface area contributed by atoms with Crippen molar-refractivity contribution in [1.29, 1.82) is 0 Å². The Bertz CT molecular complexity index is 400. The Kier molecular flexibility index (Phi) is 3.04. The number of fused-ring (bicyclic) bond motifs is 1. The van der Waals surface area contributed by atoms with E-state index >= 15 is 0 Å². The zero-order chi connectivity index (χ0) is 11.0. The molecule has 5 heteroatoms. The molecule has 15 heavy (non-hydrogen) atoms. The average Bonchev–Trinajstić information content (AvgIpc) is 2.58. The van der Waals surface area contributed by atoms with Gasteiger partial charge in [0.1, 0.15) is 0 Å². The van der Waals surface area contributed by atoms with Gasteiger partial charge in [0, 0.05) is 5.56 Å². The second-order valence-corrected chi connectivity index (χ2v) is 5.68. The summed E-state index contributed by atoms with van der Waals surface area (Å²) in [5.41, 5.74) is 7.27. The number of carbonyl (C=O) groups is 1. The molecule has 2 rings (SSSR count). The molecule has 1 heterocycles. The quantitative estimate of drug-likeness (QED) is 0.780. The minimum Gasteiger partial charge on any atom is -0.388 e. The summed E-state index contributed by atoms with van der Waals surface area (Å²) >= 11 is 2.99. The molecule has 0 saturated carbocycles. The van der Waals surface area contributed by atoms with Crippen LogP contribution in [-0.2, 0) is 6.42 Å². The van der Waals surface area contributed by atoms with Gasteiger partial charge in [-0.25, -0.2) is 0 Å². The van der Waals surface area contributed by atoms with Gasteiger partial charge in [0.15, 0.2) is 0 Å². The van der Waals surface area contributed by atoms with Crippen LogP contribution in [0.2, 0.25) is 0 Å². The fourth-order valence-corrected chi connectivity index (χ4v) is 4.06. The van der Waals surface area contributed by atoms with Crippen molar-refractivity contribution in [3.63, 3.8) is 0 Å². The molecule has 0 fully saturated rings. The van der Waals surface area contributed by atoms with E-state index in [0.29, 0.717) is 4.88 Å². The molecule has 1 atom stereocenters.